The van der Waals surface area contributed by atoms with Crippen molar-refractivity contribution in [2.45, 2.75) is 26.4 Å². The molecular weight excluding hydrogens is 386 g/mol. The van der Waals surface area contributed by atoms with Crippen molar-refractivity contribution in [3.05, 3.63) is 58.6 Å². The Morgan fingerprint density at radius 3 is 2.52 bits per heavy atom. The van der Waals surface area contributed by atoms with Crippen LogP contribution in [0.25, 0.3) is 0 Å². The Balaban J connectivity index is 1.86. The van der Waals surface area contributed by atoms with Crippen LogP contribution in [0.4, 0.5) is 5.69 Å². The summed E-state index contributed by atoms with van der Waals surface area (Å²) in [5, 5.41) is 2.70. The summed E-state index contributed by atoms with van der Waals surface area (Å²) in [6.07, 6.45) is -0.305. The molecule has 0 aliphatic carbocycles. The van der Waals surface area contributed by atoms with E-state index < -0.39 is 18.0 Å². The number of ether oxygens (including phenoxy) is 2. The highest BCUT2D eigenvalue weighted by molar-refractivity contribution is 9.10. The topological polar surface area (TPSA) is 64.6 Å². The van der Waals surface area contributed by atoms with Crippen LogP contribution in [0.1, 0.15) is 18.9 Å². The molecule has 0 heterocycles. The number of para-hydroxylation sites is 1. The van der Waals surface area contributed by atoms with Crippen molar-refractivity contribution in [3.8, 4) is 5.75 Å². The molecule has 5 nitrogen and oxygen atoms in total. The predicted octanol–water partition coefficient (Wildman–Crippen LogP) is 4.10. The summed E-state index contributed by atoms with van der Waals surface area (Å²) in [7, 11) is 0. The lowest BCUT2D eigenvalue weighted by molar-refractivity contribution is -0.154. The summed E-state index contributed by atoms with van der Waals surface area (Å²) in [4.78, 5) is 24.1. The van der Waals surface area contributed by atoms with Crippen molar-refractivity contribution in [1.82, 2.24) is 0 Å². The van der Waals surface area contributed by atoms with Gasteiger partial charge in [0.25, 0.3) is 5.91 Å². The second-order valence-corrected chi connectivity index (χ2v) is 6.32. The van der Waals surface area contributed by atoms with Gasteiger partial charge in [-0.3, -0.25) is 4.79 Å². The molecule has 0 saturated carbocycles. The molecule has 2 aromatic rings. The molecule has 2 aromatic carbocycles. The number of hydrogen-bond donors (Lipinski definition) is 1. The van der Waals surface area contributed by atoms with Crippen LogP contribution in [-0.4, -0.2) is 24.6 Å². The van der Waals surface area contributed by atoms with Crippen molar-refractivity contribution in [2.75, 3.05) is 11.9 Å². The Labute approximate surface area is 155 Å². The van der Waals surface area contributed by atoms with Crippen LogP contribution in [-0.2, 0) is 14.3 Å². The van der Waals surface area contributed by atoms with Gasteiger partial charge in [-0.15, -0.1) is 0 Å². The third-order valence-corrected chi connectivity index (χ3v) is 4.06. The quantitative estimate of drug-likeness (QED) is 0.704. The highest BCUT2D eigenvalue weighted by atomic mass is 79.9. The van der Waals surface area contributed by atoms with E-state index in [1.54, 1.807) is 18.2 Å². The van der Waals surface area contributed by atoms with Crippen molar-refractivity contribution in [3.63, 3.8) is 0 Å². The Morgan fingerprint density at radius 1 is 1.16 bits per heavy atom. The maximum absolute atomic E-state index is 12.1. The molecule has 1 amide bonds. The van der Waals surface area contributed by atoms with Crippen LogP contribution in [0.15, 0.2) is 53.0 Å². The molecule has 0 aliphatic rings. The molecule has 0 spiro atoms. The van der Waals surface area contributed by atoms with Gasteiger partial charge in [0.05, 0.1) is 5.69 Å². The zero-order chi connectivity index (χ0) is 18.2. The molecule has 1 N–H and O–H groups in total. The number of hydrogen-bond acceptors (Lipinski definition) is 4. The molecule has 132 valence electrons. The van der Waals surface area contributed by atoms with Gasteiger partial charge in [-0.05, 0) is 59.1 Å². The van der Waals surface area contributed by atoms with Gasteiger partial charge < -0.3 is 14.8 Å². The SMILES string of the molecule is CC[C@H](Oc1ccccc1)C(=O)OCC(=O)Nc1ccc(C)cc1Br. The monoisotopic (exact) mass is 405 g/mol. The zero-order valence-corrected chi connectivity index (χ0v) is 15.7. The van der Waals surface area contributed by atoms with E-state index in [9.17, 15) is 9.59 Å². The van der Waals surface area contributed by atoms with Gasteiger partial charge in [-0.1, -0.05) is 31.2 Å². The standard InChI is InChI=1S/C19H20BrNO4/c1-3-17(25-14-7-5-4-6-8-14)19(23)24-12-18(22)21-16-10-9-13(2)11-15(16)20/h4-11,17H,3,12H2,1-2H3,(H,21,22)/t17-/m0/s1. The molecular formula is C19H20BrNO4. The maximum atomic E-state index is 12.1. The lowest BCUT2D eigenvalue weighted by Gasteiger charge is -2.16. The lowest BCUT2D eigenvalue weighted by Crippen LogP contribution is -2.31. The number of benzene rings is 2. The highest BCUT2D eigenvalue weighted by Crippen LogP contribution is 2.23. The summed E-state index contributed by atoms with van der Waals surface area (Å²) in [5.74, 6) is -0.392. The van der Waals surface area contributed by atoms with Crippen molar-refractivity contribution in [2.24, 2.45) is 0 Å². The molecule has 0 saturated heterocycles. The Hall–Kier alpha value is -2.34. The van der Waals surface area contributed by atoms with E-state index in [2.05, 4.69) is 21.2 Å². The van der Waals surface area contributed by atoms with Crippen LogP contribution >= 0.6 is 15.9 Å². The fourth-order valence-electron chi connectivity index (χ4n) is 2.10. The molecule has 25 heavy (non-hydrogen) atoms. The third-order valence-electron chi connectivity index (χ3n) is 3.40. The fraction of sp³-hybridized carbons (Fsp3) is 0.263. The number of amides is 1. The number of carbonyl (C=O) groups excluding carboxylic acids is 2. The lowest BCUT2D eigenvalue weighted by atomic mass is 10.2. The van der Waals surface area contributed by atoms with E-state index in [0.717, 1.165) is 10.0 Å². The third kappa shape index (κ3) is 5.90. The van der Waals surface area contributed by atoms with Gasteiger partial charge in [0, 0.05) is 4.47 Å². The van der Waals surface area contributed by atoms with Gasteiger partial charge in [-0.2, -0.15) is 0 Å². The summed E-state index contributed by atoms with van der Waals surface area (Å²) < 4.78 is 11.4. The second kappa shape index (κ2) is 9.22. The van der Waals surface area contributed by atoms with Crippen molar-refractivity contribution < 1.29 is 19.1 Å². The number of anilines is 1. The molecule has 0 aromatic heterocycles. The van der Waals surface area contributed by atoms with Crippen molar-refractivity contribution >= 4 is 33.5 Å². The van der Waals surface area contributed by atoms with E-state index in [1.807, 2.05) is 44.2 Å². The normalized spacial score (nSPS) is 11.5. The van der Waals surface area contributed by atoms with Crippen LogP contribution < -0.4 is 10.1 Å². The minimum Gasteiger partial charge on any atom is -0.479 e. The molecule has 2 rings (SSSR count). The van der Waals surface area contributed by atoms with Gasteiger partial charge in [0.2, 0.25) is 0 Å². The molecule has 0 fully saturated rings. The first-order valence-electron chi connectivity index (χ1n) is 7.94. The predicted molar refractivity (Wildman–Crippen MR) is 99.6 cm³/mol. The first-order chi connectivity index (χ1) is 12.0. The molecule has 1 atom stereocenters. The smallest absolute Gasteiger partial charge is 0.347 e. The Kier molecular flexibility index (Phi) is 7.01. The van der Waals surface area contributed by atoms with Gasteiger partial charge in [0.1, 0.15) is 5.75 Å². The fourth-order valence-corrected chi connectivity index (χ4v) is 2.69. The summed E-state index contributed by atoms with van der Waals surface area (Å²) in [6.45, 7) is 3.40. The molecule has 0 aliphatic heterocycles. The van der Waals surface area contributed by atoms with Gasteiger partial charge in [-0.25, -0.2) is 4.79 Å². The summed E-state index contributed by atoms with van der Waals surface area (Å²) in [5.41, 5.74) is 1.69. The van der Waals surface area contributed by atoms with Gasteiger partial charge in [0.15, 0.2) is 12.7 Å². The van der Waals surface area contributed by atoms with E-state index in [-0.39, 0.29) is 6.61 Å². The Morgan fingerprint density at radius 2 is 1.88 bits per heavy atom. The van der Waals surface area contributed by atoms with E-state index in [1.165, 1.54) is 0 Å². The van der Waals surface area contributed by atoms with E-state index >= 15 is 0 Å². The van der Waals surface area contributed by atoms with Crippen LogP contribution in [0.3, 0.4) is 0 Å². The first kappa shape index (κ1) is 19.0. The Bertz CT molecular complexity index is 733. The van der Waals surface area contributed by atoms with Crippen LogP contribution in [0, 0.1) is 6.92 Å². The average molecular weight is 406 g/mol. The minimum atomic E-state index is -0.749. The largest absolute Gasteiger partial charge is 0.479 e. The highest BCUT2D eigenvalue weighted by Gasteiger charge is 2.21. The average Bonchev–Trinajstić information content (AvgIpc) is 2.61. The minimum absolute atomic E-state index is 0.367. The molecule has 0 unspecified atom stereocenters. The van der Waals surface area contributed by atoms with Crippen molar-refractivity contribution in [1.29, 1.82) is 0 Å². The number of rotatable bonds is 7. The molecule has 6 heteroatoms. The number of nitrogens with one attached hydrogen (secondary N) is 1. The summed E-state index contributed by atoms with van der Waals surface area (Å²) in [6, 6.07) is 14.6. The zero-order valence-electron chi connectivity index (χ0n) is 14.1. The molecule has 0 bridgehead atoms. The van der Waals surface area contributed by atoms with E-state index in [4.69, 9.17) is 9.47 Å². The van der Waals surface area contributed by atoms with Gasteiger partial charge >= 0.3 is 5.97 Å². The van der Waals surface area contributed by atoms with Crippen LogP contribution in [0.2, 0.25) is 0 Å². The van der Waals surface area contributed by atoms with Crippen LogP contribution in [0.5, 0.6) is 5.75 Å². The number of halogens is 1. The number of aryl methyl sites for hydroxylation is 1. The number of esters is 1. The first-order valence-corrected chi connectivity index (χ1v) is 8.73. The maximum Gasteiger partial charge on any atom is 0.347 e. The van der Waals surface area contributed by atoms with E-state index in [0.29, 0.717) is 17.9 Å². The summed E-state index contributed by atoms with van der Waals surface area (Å²) >= 11 is 3.38. The number of carbonyl (C=O) groups is 2. The molecule has 0 radical (unpaired) electrons. The second-order valence-electron chi connectivity index (χ2n) is 5.47.